The lowest BCUT2D eigenvalue weighted by Gasteiger charge is -2.34. The molecule has 1 atom stereocenters. The van der Waals surface area contributed by atoms with Gasteiger partial charge in [0.25, 0.3) is 0 Å². The maximum atomic E-state index is 12.6. The summed E-state index contributed by atoms with van der Waals surface area (Å²) in [6, 6.07) is 5.99. The lowest BCUT2D eigenvalue weighted by Crippen LogP contribution is -2.45. The summed E-state index contributed by atoms with van der Waals surface area (Å²) >= 11 is 3.27. The van der Waals surface area contributed by atoms with Gasteiger partial charge in [-0.2, -0.15) is 5.26 Å². The molecule has 0 aromatic heterocycles. The molecule has 0 aliphatic carbocycles. The lowest BCUT2D eigenvalue weighted by atomic mass is 10.0. The third-order valence-electron chi connectivity index (χ3n) is 3.43. The SMILES string of the molecule is N#CC[C@@H](c1cc(Br)ccc1OC(F)(F)F)N1CCNCC1. The van der Waals surface area contributed by atoms with Crippen LogP contribution in [0.15, 0.2) is 22.7 Å². The number of nitrogens with one attached hydrogen (secondary N) is 1. The van der Waals surface area contributed by atoms with Crippen molar-refractivity contribution in [2.75, 3.05) is 26.2 Å². The fourth-order valence-electron chi connectivity index (χ4n) is 2.51. The van der Waals surface area contributed by atoms with Gasteiger partial charge in [0, 0.05) is 36.2 Å². The van der Waals surface area contributed by atoms with E-state index >= 15 is 0 Å². The van der Waals surface area contributed by atoms with E-state index in [9.17, 15) is 13.2 Å². The molecule has 0 saturated carbocycles. The summed E-state index contributed by atoms with van der Waals surface area (Å²) in [6.45, 7) is 2.82. The molecule has 1 aromatic rings. The summed E-state index contributed by atoms with van der Waals surface area (Å²) in [5.41, 5.74) is 0.371. The molecule has 4 nitrogen and oxygen atoms in total. The van der Waals surface area contributed by atoms with Gasteiger partial charge in [-0.1, -0.05) is 15.9 Å². The number of ether oxygens (including phenoxy) is 1. The van der Waals surface area contributed by atoms with Crippen molar-refractivity contribution in [1.82, 2.24) is 10.2 Å². The molecule has 1 fully saturated rings. The average Bonchev–Trinajstić information content (AvgIpc) is 2.46. The third kappa shape index (κ3) is 4.60. The van der Waals surface area contributed by atoms with Crippen LogP contribution in [-0.4, -0.2) is 37.4 Å². The largest absolute Gasteiger partial charge is 0.573 e. The van der Waals surface area contributed by atoms with Crippen LogP contribution in [0.1, 0.15) is 18.0 Å². The van der Waals surface area contributed by atoms with E-state index in [1.165, 1.54) is 12.1 Å². The standard InChI is InChI=1S/C14H15BrF3N3O/c15-10-1-2-13(22-14(16,17)18)11(9-10)12(3-4-19)21-7-5-20-6-8-21/h1-2,9,12,20H,3,5-8H2/t12-/m0/s1. The van der Waals surface area contributed by atoms with E-state index in [-0.39, 0.29) is 12.2 Å². The normalized spacial score (nSPS) is 17.8. The Labute approximate surface area is 135 Å². The predicted octanol–water partition coefficient (Wildman–Crippen LogP) is 3.21. The van der Waals surface area contributed by atoms with E-state index < -0.39 is 12.4 Å². The van der Waals surface area contributed by atoms with Crippen LogP contribution in [-0.2, 0) is 0 Å². The molecule has 22 heavy (non-hydrogen) atoms. The highest BCUT2D eigenvalue weighted by molar-refractivity contribution is 9.10. The maximum absolute atomic E-state index is 12.6. The van der Waals surface area contributed by atoms with Crippen LogP contribution >= 0.6 is 15.9 Å². The molecule has 0 unspecified atom stereocenters. The van der Waals surface area contributed by atoms with Crippen molar-refractivity contribution in [2.24, 2.45) is 0 Å². The van der Waals surface area contributed by atoms with Gasteiger partial charge in [0.2, 0.25) is 0 Å². The molecule has 2 rings (SSSR count). The molecule has 0 spiro atoms. The number of nitriles is 1. The fraction of sp³-hybridized carbons (Fsp3) is 0.500. The minimum absolute atomic E-state index is 0.102. The van der Waals surface area contributed by atoms with Crippen molar-refractivity contribution in [3.05, 3.63) is 28.2 Å². The monoisotopic (exact) mass is 377 g/mol. The molecule has 1 aromatic carbocycles. The number of alkyl halides is 3. The zero-order valence-corrected chi connectivity index (χ0v) is 13.2. The second-order valence-electron chi connectivity index (χ2n) is 4.89. The van der Waals surface area contributed by atoms with Gasteiger partial charge in [-0.25, -0.2) is 0 Å². The van der Waals surface area contributed by atoms with Crippen LogP contribution in [0.5, 0.6) is 5.75 Å². The Morgan fingerprint density at radius 1 is 1.36 bits per heavy atom. The van der Waals surface area contributed by atoms with Crippen molar-refractivity contribution in [3.8, 4) is 11.8 Å². The highest BCUT2D eigenvalue weighted by atomic mass is 79.9. The van der Waals surface area contributed by atoms with Crippen molar-refractivity contribution in [3.63, 3.8) is 0 Å². The zero-order valence-electron chi connectivity index (χ0n) is 11.7. The minimum Gasteiger partial charge on any atom is -0.405 e. The predicted molar refractivity (Wildman–Crippen MR) is 78.2 cm³/mol. The Morgan fingerprint density at radius 2 is 2.05 bits per heavy atom. The molecule has 0 radical (unpaired) electrons. The van der Waals surface area contributed by atoms with Gasteiger partial charge in [-0.15, -0.1) is 13.2 Å². The number of hydrogen-bond donors (Lipinski definition) is 1. The molecule has 1 heterocycles. The Hall–Kier alpha value is -1.30. The first-order chi connectivity index (χ1) is 10.4. The van der Waals surface area contributed by atoms with E-state index in [1.807, 2.05) is 4.90 Å². The maximum Gasteiger partial charge on any atom is 0.573 e. The van der Waals surface area contributed by atoms with Crippen LogP contribution in [0.4, 0.5) is 13.2 Å². The average molecular weight is 378 g/mol. The number of hydrogen-bond acceptors (Lipinski definition) is 4. The first-order valence-electron chi connectivity index (χ1n) is 6.77. The van der Waals surface area contributed by atoms with Crippen molar-refractivity contribution in [2.45, 2.75) is 18.8 Å². The molecule has 0 bridgehead atoms. The molecule has 1 aliphatic rings. The van der Waals surface area contributed by atoms with E-state index in [1.54, 1.807) is 6.07 Å². The van der Waals surface area contributed by atoms with E-state index in [0.717, 1.165) is 13.1 Å². The van der Waals surface area contributed by atoms with Gasteiger partial charge in [0.15, 0.2) is 0 Å². The van der Waals surface area contributed by atoms with Gasteiger partial charge in [-0.3, -0.25) is 4.90 Å². The number of halogens is 4. The quantitative estimate of drug-likeness (QED) is 0.874. The highest BCUT2D eigenvalue weighted by Gasteiger charge is 2.34. The summed E-state index contributed by atoms with van der Waals surface area (Å²) < 4.78 is 42.6. The zero-order chi connectivity index (χ0) is 16.2. The summed E-state index contributed by atoms with van der Waals surface area (Å²) in [5.74, 6) is -0.255. The van der Waals surface area contributed by atoms with Gasteiger partial charge < -0.3 is 10.1 Å². The summed E-state index contributed by atoms with van der Waals surface area (Å²) in [7, 11) is 0. The van der Waals surface area contributed by atoms with Crippen LogP contribution in [0.25, 0.3) is 0 Å². The summed E-state index contributed by atoms with van der Waals surface area (Å²) in [5, 5.41) is 12.2. The summed E-state index contributed by atoms with van der Waals surface area (Å²) in [6.07, 6.45) is -4.66. The van der Waals surface area contributed by atoms with Gasteiger partial charge in [0.05, 0.1) is 18.5 Å². The minimum atomic E-state index is -4.76. The second kappa shape index (κ2) is 7.31. The molecule has 1 N–H and O–H groups in total. The van der Waals surface area contributed by atoms with Crippen LogP contribution < -0.4 is 10.1 Å². The Kier molecular flexibility index (Phi) is 5.67. The highest BCUT2D eigenvalue weighted by Crippen LogP contribution is 2.36. The Bertz CT molecular complexity index is 553. The molecular weight excluding hydrogens is 363 g/mol. The molecule has 120 valence electrons. The fourth-order valence-corrected chi connectivity index (χ4v) is 2.89. The number of benzene rings is 1. The summed E-state index contributed by atoms with van der Waals surface area (Å²) in [4.78, 5) is 2.00. The van der Waals surface area contributed by atoms with E-state index in [4.69, 9.17) is 5.26 Å². The topological polar surface area (TPSA) is 48.3 Å². The smallest absolute Gasteiger partial charge is 0.405 e. The number of piperazine rings is 1. The van der Waals surface area contributed by atoms with Crippen LogP contribution in [0, 0.1) is 11.3 Å². The van der Waals surface area contributed by atoms with E-state index in [2.05, 4.69) is 32.1 Å². The van der Waals surface area contributed by atoms with Crippen molar-refractivity contribution in [1.29, 1.82) is 5.26 Å². The van der Waals surface area contributed by atoms with Crippen molar-refractivity contribution < 1.29 is 17.9 Å². The third-order valence-corrected chi connectivity index (χ3v) is 3.93. The van der Waals surface area contributed by atoms with Gasteiger partial charge >= 0.3 is 6.36 Å². The van der Waals surface area contributed by atoms with Gasteiger partial charge in [-0.05, 0) is 18.2 Å². The first-order valence-corrected chi connectivity index (χ1v) is 7.57. The number of rotatable bonds is 4. The second-order valence-corrected chi connectivity index (χ2v) is 5.81. The number of nitrogens with zero attached hydrogens (tertiary/aromatic N) is 2. The van der Waals surface area contributed by atoms with E-state index in [0.29, 0.717) is 23.1 Å². The van der Waals surface area contributed by atoms with Crippen molar-refractivity contribution >= 4 is 15.9 Å². The molecule has 1 saturated heterocycles. The molecule has 1 aliphatic heterocycles. The molecule has 8 heteroatoms. The molecular formula is C14H15BrF3N3O. The molecule has 0 amide bonds. The van der Waals surface area contributed by atoms with Crippen LogP contribution in [0.2, 0.25) is 0 Å². The van der Waals surface area contributed by atoms with Gasteiger partial charge in [0.1, 0.15) is 5.75 Å². The lowest BCUT2D eigenvalue weighted by molar-refractivity contribution is -0.275. The Morgan fingerprint density at radius 3 is 2.64 bits per heavy atom. The van der Waals surface area contributed by atoms with Crippen LogP contribution in [0.3, 0.4) is 0 Å². The Balaban J connectivity index is 2.36. The first kappa shape index (κ1) is 17.1.